The second-order valence-electron chi connectivity index (χ2n) is 6.41. The number of aryl methyl sites for hydroxylation is 1. The SMILES string of the molecule is Cc1cc(Cl)ccc1Oc1ccc(NC(=O)c2ccc3ccccc3c2)cn1. The molecule has 1 amide bonds. The second-order valence-corrected chi connectivity index (χ2v) is 6.85. The van der Waals surface area contributed by atoms with Gasteiger partial charge in [-0.3, -0.25) is 4.79 Å². The number of carbonyl (C=O) groups excluding carboxylic acids is 1. The Morgan fingerprint density at radius 1 is 0.964 bits per heavy atom. The molecule has 138 valence electrons. The smallest absolute Gasteiger partial charge is 0.255 e. The Hall–Kier alpha value is -3.37. The van der Waals surface area contributed by atoms with Crippen LogP contribution in [0, 0.1) is 6.92 Å². The van der Waals surface area contributed by atoms with Crippen LogP contribution in [-0.2, 0) is 0 Å². The lowest BCUT2D eigenvalue weighted by molar-refractivity contribution is 0.102. The van der Waals surface area contributed by atoms with Crippen molar-refractivity contribution in [1.82, 2.24) is 4.98 Å². The third kappa shape index (κ3) is 3.97. The van der Waals surface area contributed by atoms with Crippen molar-refractivity contribution < 1.29 is 9.53 Å². The van der Waals surface area contributed by atoms with E-state index in [1.54, 1.807) is 30.5 Å². The van der Waals surface area contributed by atoms with Crippen molar-refractivity contribution in [2.24, 2.45) is 0 Å². The van der Waals surface area contributed by atoms with Crippen LogP contribution in [-0.4, -0.2) is 10.9 Å². The number of hydrogen-bond donors (Lipinski definition) is 1. The van der Waals surface area contributed by atoms with Crippen LogP contribution in [0.2, 0.25) is 5.02 Å². The maximum absolute atomic E-state index is 12.5. The Morgan fingerprint density at radius 3 is 2.54 bits per heavy atom. The predicted octanol–water partition coefficient (Wildman–Crippen LogP) is 6.24. The minimum atomic E-state index is -0.185. The standard InChI is InChI=1S/C23H17ClN2O2/c1-15-12-19(24)8-10-21(15)28-22-11-9-20(14-25-22)26-23(27)18-7-6-16-4-2-3-5-17(16)13-18/h2-14H,1H3,(H,26,27). The van der Waals surface area contributed by atoms with Crippen molar-refractivity contribution in [3.05, 3.63) is 95.1 Å². The number of hydrogen-bond acceptors (Lipinski definition) is 3. The fraction of sp³-hybridized carbons (Fsp3) is 0.0435. The van der Waals surface area contributed by atoms with Crippen molar-refractivity contribution in [3.63, 3.8) is 0 Å². The molecule has 4 nitrogen and oxygen atoms in total. The average molecular weight is 389 g/mol. The van der Waals surface area contributed by atoms with E-state index in [1.807, 2.05) is 55.5 Å². The van der Waals surface area contributed by atoms with Gasteiger partial charge in [0.1, 0.15) is 5.75 Å². The van der Waals surface area contributed by atoms with Crippen LogP contribution < -0.4 is 10.1 Å². The van der Waals surface area contributed by atoms with E-state index in [9.17, 15) is 4.79 Å². The fourth-order valence-corrected chi connectivity index (χ4v) is 3.12. The van der Waals surface area contributed by atoms with Gasteiger partial charge in [-0.1, -0.05) is 41.9 Å². The van der Waals surface area contributed by atoms with E-state index in [0.717, 1.165) is 16.3 Å². The zero-order valence-corrected chi connectivity index (χ0v) is 15.9. The maximum atomic E-state index is 12.5. The molecule has 0 spiro atoms. The summed E-state index contributed by atoms with van der Waals surface area (Å²) in [6.07, 6.45) is 1.57. The Balaban J connectivity index is 1.46. The number of carbonyl (C=O) groups is 1. The molecule has 0 saturated heterocycles. The number of halogens is 1. The molecule has 0 saturated carbocycles. The van der Waals surface area contributed by atoms with Crippen molar-refractivity contribution in [2.45, 2.75) is 6.92 Å². The summed E-state index contributed by atoms with van der Waals surface area (Å²) in [6.45, 7) is 1.92. The second kappa shape index (κ2) is 7.71. The fourth-order valence-electron chi connectivity index (χ4n) is 2.89. The first kappa shape index (κ1) is 18.0. The quantitative estimate of drug-likeness (QED) is 0.450. The van der Waals surface area contributed by atoms with Crippen molar-refractivity contribution in [1.29, 1.82) is 0 Å². The molecular weight excluding hydrogens is 372 g/mol. The van der Waals surface area contributed by atoms with Gasteiger partial charge in [0.25, 0.3) is 5.91 Å². The number of nitrogens with one attached hydrogen (secondary N) is 1. The number of ether oxygens (including phenoxy) is 1. The molecule has 0 fully saturated rings. The topological polar surface area (TPSA) is 51.2 Å². The first-order valence-electron chi connectivity index (χ1n) is 8.79. The van der Waals surface area contributed by atoms with Gasteiger partial charge < -0.3 is 10.1 Å². The average Bonchev–Trinajstić information content (AvgIpc) is 2.71. The summed E-state index contributed by atoms with van der Waals surface area (Å²) in [5, 5.41) is 5.64. The highest BCUT2D eigenvalue weighted by atomic mass is 35.5. The number of benzene rings is 3. The first-order chi connectivity index (χ1) is 13.6. The molecule has 3 aromatic carbocycles. The third-order valence-corrected chi connectivity index (χ3v) is 4.59. The van der Waals surface area contributed by atoms with Gasteiger partial charge in [0.2, 0.25) is 5.88 Å². The predicted molar refractivity (Wildman–Crippen MR) is 112 cm³/mol. The molecule has 28 heavy (non-hydrogen) atoms. The van der Waals surface area contributed by atoms with Crippen LogP contribution >= 0.6 is 11.6 Å². The van der Waals surface area contributed by atoms with Gasteiger partial charge in [-0.05, 0) is 59.7 Å². The molecule has 1 heterocycles. The van der Waals surface area contributed by atoms with Gasteiger partial charge in [0, 0.05) is 16.7 Å². The van der Waals surface area contributed by atoms with Gasteiger partial charge in [-0.25, -0.2) is 4.98 Å². The summed E-state index contributed by atoms with van der Waals surface area (Å²) in [5.41, 5.74) is 2.11. The Kier molecular flexibility index (Phi) is 4.96. The molecule has 0 bridgehead atoms. The van der Waals surface area contributed by atoms with Gasteiger partial charge >= 0.3 is 0 Å². The van der Waals surface area contributed by atoms with Crippen molar-refractivity contribution >= 4 is 34.0 Å². The van der Waals surface area contributed by atoms with Gasteiger partial charge in [0.05, 0.1) is 11.9 Å². The van der Waals surface area contributed by atoms with Crippen LogP contribution in [0.1, 0.15) is 15.9 Å². The number of anilines is 1. The number of nitrogens with zero attached hydrogens (tertiary/aromatic N) is 1. The minimum absolute atomic E-state index is 0.185. The largest absolute Gasteiger partial charge is 0.439 e. The summed E-state index contributed by atoms with van der Waals surface area (Å²) in [7, 11) is 0. The number of rotatable bonds is 4. The molecule has 0 aliphatic heterocycles. The molecule has 0 atom stereocenters. The van der Waals surface area contributed by atoms with E-state index in [4.69, 9.17) is 16.3 Å². The zero-order chi connectivity index (χ0) is 19.5. The summed E-state index contributed by atoms with van der Waals surface area (Å²) in [6, 6.07) is 22.4. The molecule has 4 aromatic rings. The summed E-state index contributed by atoms with van der Waals surface area (Å²) in [5.74, 6) is 0.939. The van der Waals surface area contributed by atoms with E-state index < -0.39 is 0 Å². The molecule has 5 heteroatoms. The lowest BCUT2D eigenvalue weighted by Gasteiger charge is -2.09. The number of amides is 1. The number of fused-ring (bicyclic) bond motifs is 1. The maximum Gasteiger partial charge on any atom is 0.255 e. The van der Waals surface area contributed by atoms with Gasteiger partial charge in [-0.2, -0.15) is 0 Å². The molecule has 0 radical (unpaired) electrons. The Labute approximate surface area is 167 Å². The van der Waals surface area contributed by atoms with E-state index >= 15 is 0 Å². The monoisotopic (exact) mass is 388 g/mol. The molecule has 0 aliphatic rings. The molecule has 1 aromatic heterocycles. The van der Waals surface area contributed by atoms with E-state index in [1.165, 1.54) is 0 Å². The van der Waals surface area contributed by atoms with E-state index in [-0.39, 0.29) is 5.91 Å². The number of aromatic nitrogens is 1. The molecule has 1 N–H and O–H groups in total. The zero-order valence-electron chi connectivity index (χ0n) is 15.1. The molecule has 4 rings (SSSR count). The Morgan fingerprint density at radius 2 is 1.79 bits per heavy atom. The van der Waals surface area contributed by atoms with Crippen LogP contribution in [0.4, 0.5) is 5.69 Å². The summed E-state index contributed by atoms with van der Waals surface area (Å²) >= 11 is 5.96. The van der Waals surface area contributed by atoms with Gasteiger partial charge in [-0.15, -0.1) is 0 Å². The van der Waals surface area contributed by atoms with Crippen LogP contribution in [0.15, 0.2) is 79.0 Å². The lowest BCUT2D eigenvalue weighted by Crippen LogP contribution is -2.11. The highest BCUT2D eigenvalue weighted by Crippen LogP contribution is 2.26. The highest BCUT2D eigenvalue weighted by molar-refractivity contribution is 6.30. The van der Waals surface area contributed by atoms with Crippen molar-refractivity contribution in [3.8, 4) is 11.6 Å². The normalized spacial score (nSPS) is 10.6. The summed E-state index contributed by atoms with van der Waals surface area (Å²) < 4.78 is 5.77. The van der Waals surface area contributed by atoms with Gasteiger partial charge in [0.15, 0.2) is 0 Å². The van der Waals surface area contributed by atoms with Crippen LogP contribution in [0.3, 0.4) is 0 Å². The highest BCUT2D eigenvalue weighted by Gasteiger charge is 2.08. The molecule has 0 aliphatic carbocycles. The lowest BCUT2D eigenvalue weighted by atomic mass is 10.1. The number of pyridine rings is 1. The Bertz CT molecular complexity index is 1160. The van der Waals surface area contributed by atoms with Crippen molar-refractivity contribution in [2.75, 3.05) is 5.32 Å². The minimum Gasteiger partial charge on any atom is -0.439 e. The first-order valence-corrected chi connectivity index (χ1v) is 9.16. The molecular formula is C23H17ClN2O2. The van der Waals surface area contributed by atoms with Crippen LogP contribution in [0.5, 0.6) is 11.6 Å². The van der Waals surface area contributed by atoms with E-state index in [0.29, 0.717) is 27.9 Å². The summed E-state index contributed by atoms with van der Waals surface area (Å²) in [4.78, 5) is 16.8. The molecule has 0 unspecified atom stereocenters. The van der Waals surface area contributed by atoms with Crippen LogP contribution in [0.25, 0.3) is 10.8 Å². The van der Waals surface area contributed by atoms with E-state index in [2.05, 4.69) is 10.3 Å². The third-order valence-electron chi connectivity index (χ3n) is 4.36.